The van der Waals surface area contributed by atoms with E-state index in [2.05, 4.69) is 17.2 Å². The van der Waals surface area contributed by atoms with Gasteiger partial charge in [-0.1, -0.05) is 24.9 Å². The maximum Gasteiger partial charge on any atom is 0.129 e. The molecule has 2 nitrogen and oxygen atoms in total. The number of aryl methyl sites for hydroxylation is 1. The summed E-state index contributed by atoms with van der Waals surface area (Å²) in [4.78, 5) is 4.26. The number of pyridine rings is 1. The monoisotopic (exact) mass is 238 g/mol. The van der Waals surface area contributed by atoms with Crippen molar-refractivity contribution in [3.05, 3.63) is 23.0 Å². The Morgan fingerprint density at radius 3 is 2.88 bits per heavy atom. The molecule has 1 aliphatic rings. The fraction of sp³-hybridized carbons (Fsp3) is 0.615. The van der Waals surface area contributed by atoms with Gasteiger partial charge in [0.1, 0.15) is 5.15 Å². The highest BCUT2D eigenvalue weighted by Gasteiger charge is 2.23. The van der Waals surface area contributed by atoms with Crippen LogP contribution in [0.1, 0.15) is 38.3 Å². The van der Waals surface area contributed by atoms with Crippen LogP contribution >= 0.6 is 11.6 Å². The number of halogens is 1. The number of anilines is 1. The number of aromatic nitrogens is 1. The topological polar surface area (TPSA) is 24.9 Å². The van der Waals surface area contributed by atoms with Gasteiger partial charge in [0, 0.05) is 6.04 Å². The van der Waals surface area contributed by atoms with Gasteiger partial charge in [-0.15, -0.1) is 0 Å². The molecule has 0 spiro atoms. The zero-order valence-corrected chi connectivity index (χ0v) is 10.7. The van der Waals surface area contributed by atoms with Crippen LogP contribution in [0.25, 0.3) is 0 Å². The van der Waals surface area contributed by atoms with Gasteiger partial charge in [-0.3, -0.25) is 0 Å². The van der Waals surface area contributed by atoms with E-state index >= 15 is 0 Å². The Balaban J connectivity index is 1.99. The fourth-order valence-corrected chi connectivity index (χ4v) is 2.67. The lowest BCUT2D eigenvalue weighted by Crippen LogP contribution is -2.16. The van der Waals surface area contributed by atoms with Crippen LogP contribution < -0.4 is 5.32 Å². The molecule has 0 bridgehead atoms. The molecule has 1 heterocycles. The van der Waals surface area contributed by atoms with Crippen LogP contribution in [0.4, 0.5) is 5.69 Å². The molecular weight excluding hydrogens is 220 g/mol. The predicted molar refractivity (Wildman–Crippen MR) is 69.0 cm³/mol. The average Bonchev–Trinajstić information content (AvgIpc) is 2.70. The van der Waals surface area contributed by atoms with E-state index in [1.54, 1.807) is 0 Å². The molecule has 1 fully saturated rings. The van der Waals surface area contributed by atoms with Crippen molar-refractivity contribution < 1.29 is 0 Å². The van der Waals surface area contributed by atoms with Crippen molar-refractivity contribution >= 4 is 17.3 Å². The Morgan fingerprint density at radius 2 is 2.25 bits per heavy atom. The molecule has 0 aromatic carbocycles. The predicted octanol–water partition coefficient (Wildman–Crippen LogP) is 4.03. The first-order valence-corrected chi connectivity index (χ1v) is 6.46. The molecular formula is C13H19ClN2. The SMILES string of the molecule is CCC1CCC(Nc2ccc(Cl)nc2C)C1. The van der Waals surface area contributed by atoms with Crippen molar-refractivity contribution in [2.45, 2.75) is 45.6 Å². The maximum atomic E-state index is 5.84. The van der Waals surface area contributed by atoms with E-state index in [0.717, 1.165) is 17.3 Å². The summed E-state index contributed by atoms with van der Waals surface area (Å²) in [7, 11) is 0. The summed E-state index contributed by atoms with van der Waals surface area (Å²) in [6, 6.07) is 4.50. The molecule has 2 atom stereocenters. The molecule has 2 unspecified atom stereocenters. The molecule has 2 rings (SSSR count). The first kappa shape index (κ1) is 11.7. The summed E-state index contributed by atoms with van der Waals surface area (Å²) >= 11 is 5.84. The van der Waals surface area contributed by atoms with Crippen molar-refractivity contribution in [2.75, 3.05) is 5.32 Å². The highest BCUT2D eigenvalue weighted by molar-refractivity contribution is 6.29. The van der Waals surface area contributed by atoms with E-state index in [9.17, 15) is 0 Å². The standard InChI is InChI=1S/C13H19ClN2/c1-3-10-4-5-11(8-10)16-12-6-7-13(14)15-9(12)2/h6-7,10-11,16H,3-5,8H2,1-2H3. The van der Waals surface area contributed by atoms with Crippen molar-refractivity contribution in [3.63, 3.8) is 0 Å². The lowest BCUT2D eigenvalue weighted by atomic mass is 10.1. The number of rotatable bonds is 3. The maximum absolute atomic E-state index is 5.84. The average molecular weight is 239 g/mol. The number of nitrogens with zero attached hydrogens (tertiary/aromatic N) is 1. The van der Waals surface area contributed by atoms with Crippen LogP contribution in [0.3, 0.4) is 0 Å². The minimum absolute atomic E-state index is 0.570. The summed E-state index contributed by atoms with van der Waals surface area (Å²) < 4.78 is 0. The molecule has 1 N–H and O–H groups in total. The van der Waals surface area contributed by atoms with Crippen LogP contribution in [-0.4, -0.2) is 11.0 Å². The molecule has 16 heavy (non-hydrogen) atoms. The first-order valence-electron chi connectivity index (χ1n) is 6.08. The van der Waals surface area contributed by atoms with Gasteiger partial charge in [-0.25, -0.2) is 4.98 Å². The Labute approximate surface area is 102 Å². The van der Waals surface area contributed by atoms with Crippen LogP contribution in [0, 0.1) is 12.8 Å². The molecule has 0 saturated heterocycles. The third kappa shape index (κ3) is 2.67. The summed E-state index contributed by atoms with van der Waals surface area (Å²) in [6.07, 6.45) is 5.23. The van der Waals surface area contributed by atoms with Crippen molar-refractivity contribution in [3.8, 4) is 0 Å². The van der Waals surface area contributed by atoms with Crippen LogP contribution in [-0.2, 0) is 0 Å². The Bertz CT molecular complexity index is 365. The van der Waals surface area contributed by atoms with Gasteiger partial charge in [-0.2, -0.15) is 0 Å². The van der Waals surface area contributed by atoms with Gasteiger partial charge in [0.2, 0.25) is 0 Å². The Kier molecular flexibility index (Phi) is 3.70. The molecule has 0 amide bonds. The second-order valence-electron chi connectivity index (χ2n) is 4.70. The molecule has 1 aromatic rings. The van der Waals surface area contributed by atoms with E-state index in [1.807, 2.05) is 19.1 Å². The second-order valence-corrected chi connectivity index (χ2v) is 5.08. The van der Waals surface area contributed by atoms with Crippen molar-refractivity contribution in [1.82, 2.24) is 4.98 Å². The van der Waals surface area contributed by atoms with E-state index in [-0.39, 0.29) is 0 Å². The lowest BCUT2D eigenvalue weighted by molar-refractivity contribution is 0.525. The van der Waals surface area contributed by atoms with Crippen molar-refractivity contribution in [2.24, 2.45) is 5.92 Å². The molecule has 0 aliphatic heterocycles. The first-order chi connectivity index (χ1) is 7.69. The molecule has 1 saturated carbocycles. The number of hydrogen-bond acceptors (Lipinski definition) is 2. The zero-order chi connectivity index (χ0) is 11.5. The fourth-order valence-electron chi connectivity index (χ4n) is 2.48. The highest BCUT2D eigenvalue weighted by Crippen LogP contribution is 2.30. The smallest absolute Gasteiger partial charge is 0.129 e. The summed E-state index contributed by atoms with van der Waals surface area (Å²) in [5, 5.41) is 4.15. The molecule has 1 aromatic heterocycles. The Hall–Kier alpha value is -0.760. The quantitative estimate of drug-likeness (QED) is 0.805. The van der Waals surface area contributed by atoms with E-state index in [0.29, 0.717) is 11.2 Å². The van der Waals surface area contributed by atoms with E-state index in [4.69, 9.17) is 11.6 Å². The number of nitrogens with one attached hydrogen (secondary N) is 1. The summed E-state index contributed by atoms with van der Waals surface area (Å²) in [5.74, 6) is 0.901. The molecule has 1 aliphatic carbocycles. The molecule has 88 valence electrons. The molecule has 3 heteroatoms. The minimum Gasteiger partial charge on any atom is -0.381 e. The van der Waals surface area contributed by atoms with Gasteiger partial charge in [-0.05, 0) is 44.2 Å². The summed E-state index contributed by atoms with van der Waals surface area (Å²) in [5.41, 5.74) is 2.12. The zero-order valence-electron chi connectivity index (χ0n) is 9.96. The van der Waals surface area contributed by atoms with Crippen molar-refractivity contribution in [1.29, 1.82) is 0 Å². The normalized spacial score (nSPS) is 24.7. The Morgan fingerprint density at radius 1 is 1.44 bits per heavy atom. The van der Waals surface area contributed by atoms with Gasteiger partial charge in [0.15, 0.2) is 0 Å². The van der Waals surface area contributed by atoms with E-state index in [1.165, 1.54) is 25.7 Å². The largest absolute Gasteiger partial charge is 0.381 e. The van der Waals surface area contributed by atoms with Crippen LogP contribution in [0.5, 0.6) is 0 Å². The highest BCUT2D eigenvalue weighted by atomic mass is 35.5. The minimum atomic E-state index is 0.570. The van der Waals surface area contributed by atoms with Gasteiger partial charge in [0.05, 0.1) is 11.4 Å². The molecule has 0 radical (unpaired) electrons. The second kappa shape index (κ2) is 5.05. The van der Waals surface area contributed by atoms with Gasteiger partial charge >= 0.3 is 0 Å². The van der Waals surface area contributed by atoms with Crippen LogP contribution in [0.2, 0.25) is 5.15 Å². The van der Waals surface area contributed by atoms with E-state index < -0.39 is 0 Å². The lowest BCUT2D eigenvalue weighted by Gasteiger charge is -2.15. The van der Waals surface area contributed by atoms with Gasteiger partial charge < -0.3 is 5.32 Å². The van der Waals surface area contributed by atoms with Crippen LogP contribution in [0.15, 0.2) is 12.1 Å². The van der Waals surface area contributed by atoms with Gasteiger partial charge in [0.25, 0.3) is 0 Å². The third-order valence-corrected chi connectivity index (χ3v) is 3.74. The third-order valence-electron chi connectivity index (χ3n) is 3.53. The summed E-state index contributed by atoms with van der Waals surface area (Å²) in [6.45, 7) is 4.28. The number of hydrogen-bond donors (Lipinski definition) is 1.